The summed E-state index contributed by atoms with van der Waals surface area (Å²) in [7, 11) is 0. The van der Waals surface area contributed by atoms with Crippen molar-refractivity contribution in [1.82, 2.24) is 10.3 Å². The Bertz CT molecular complexity index is 888. The van der Waals surface area contributed by atoms with Crippen LogP contribution >= 0.6 is 0 Å². The summed E-state index contributed by atoms with van der Waals surface area (Å²) in [4.78, 5) is 3.41. The van der Waals surface area contributed by atoms with Crippen molar-refractivity contribution < 1.29 is 4.39 Å². The smallest absolute Gasteiger partial charge is 0.125 e. The number of hydrogen-bond acceptors (Lipinski definition) is 1. The van der Waals surface area contributed by atoms with E-state index < -0.39 is 0 Å². The Morgan fingerprint density at radius 2 is 1.91 bits per heavy atom. The molecule has 4 rings (SSSR count). The first kappa shape index (κ1) is 13.1. The van der Waals surface area contributed by atoms with Crippen molar-refractivity contribution in [3.05, 3.63) is 65.5 Å². The molecule has 2 heterocycles. The molecule has 0 saturated carbocycles. The molecular weight excluding hydrogens is 275 g/mol. The molecule has 2 N–H and O–H groups in total. The highest BCUT2D eigenvalue weighted by atomic mass is 19.1. The molecule has 2 nitrogen and oxygen atoms in total. The number of aryl methyl sites for hydroxylation is 1. The molecule has 1 aliphatic rings. The summed E-state index contributed by atoms with van der Waals surface area (Å²) < 4.78 is 13.9. The van der Waals surface area contributed by atoms with Crippen LogP contribution < -0.4 is 5.32 Å². The van der Waals surface area contributed by atoms with Gasteiger partial charge in [-0.15, -0.1) is 0 Å². The zero-order valence-corrected chi connectivity index (χ0v) is 12.5. The monoisotopic (exact) mass is 292 g/mol. The van der Waals surface area contributed by atoms with E-state index in [1.165, 1.54) is 11.1 Å². The molecule has 1 aliphatic heterocycles. The number of hydrogen-bond donors (Lipinski definition) is 2. The van der Waals surface area contributed by atoms with E-state index in [-0.39, 0.29) is 5.82 Å². The van der Waals surface area contributed by atoms with E-state index in [1.807, 2.05) is 0 Å². The van der Waals surface area contributed by atoms with Crippen molar-refractivity contribution in [2.45, 2.75) is 13.3 Å². The Morgan fingerprint density at radius 3 is 2.68 bits per heavy atom. The Balaban J connectivity index is 2.04. The fraction of sp³-hybridized carbons (Fsp3) is 0.158. The number of H-pyrrole nitrogens is 1. The standard InChI is InChI=1S/C19H17FN2/c1-11-3-5-13(6-4-11)19-15-7-8-21-12(2)16-9-14(20)10-17(22-19)18(15)16/h3-6,9-10,21-22H,2,7-8H2,1H3. The molecule has 110 valence electrons. The highest BCUT2D eigenvalue weighted by molar-refractivity contribution is 5.99. The van der Waals surface area contributed by atoms with E-state index in [0.717, 1.165) is 46.4 Å². The SMILES string of the molecule is C=C1NCCc2c(-c3ccc(C)cc3)[nH]c3cc(F)cc1c23. The third-order valence-corrected chi connectivity index (χ3v) is 4.35. The van der Waals surface area contributed by atoms with Crippen LogP contribution in [0.15, 0.2) is 43.0 Å². The van der Waals surface area contributed by atoms with Gasteiger partial charge in [0.05, 0.1) is 0 Å². The van der Waals surface area contributed by atoms with Crippen molar-refractivity contribution in [3.63, 3.8) is 0 Å². The zero-order valence-electron chi connectivity index (χ0n) is 12.5. The minimum absolute atomic E-state index is 0.240. The lowest BCUT2D eigenvalue weighted by molar-refractivity contribution is 0.629. The number of nitrogens with one attached hydrogen (secondary N) is 2. The van der Waals surface area contributed by atoms with Gasteiger partial charge in [-0.3, -0.25) is 0 Å². The van der Waals surface area contributed by atoms with Gasteiger partial charge < -0.3 is 10.3 Å². The van der Waals surface area contributed by atoms with Gasteiger partial charge in [-0.2, -0.15) is 0 Å². The van der Waals surface area contributed by atoms with E-state index in [0.29, 0.717) is 0 Å². The predicted octanol–water partition coefficient (Wildman–Crippen LogP) is 4.40. The molecule has 0 fully saturated rings. The van der Waals surface area contributed by atoms with E-state index >= 15 is 0 Å². The lowest BCUT2D eigenvalue weighted by atomic mass is 9.99. The van der Waals surface area contributed by atoms with Crippen molar-refractivity contribution >= 4 is 16.6 Å². The van der Waals surface area contributed by atoms with Crippen LogP contribution in [0.5, 0.6) is 0 Å². The lowest BCUT2D eigenvalue weighted by Crippen LogP contribution is -2.12. The molecule has 3 heteroatoms. The number of aromatic amines is 1. The summed E-state index contributed by atoms with van der Waals surface area (Å²) in [6, 6.07) is 11.6. The first-order valence-corrected chi connectivity index (χ1v) is 7.48. The topological polar surface area (TPSA) is 27.8 Å². The van der Waals surface area contributed by atoms with E-state index in [2.05, 4.69) is 48.1 Å². The molecule has 22 heavy (non-hydrogen) atoms. The fourth-order valence-corrected chi connectivity index (χ4v) is 3.25. The average Bonchev–Trinajstić information content (AvgIpc) is 2.76. The third-order valence-electron chi connectivity index (χ3n) is 4.35. The molecule has 0 saturated heterocycles. The molecule has 1 aromatic heterocycles. The molecule has 0 atom stereocenters. The minimum Gasteiger partial charge on any atom is -0.385 e. The van der Waals surface area contributed by atoms with Crippen molar-refractivity contribution in [2.24, 2.45) is 0 Å². The summed E-state index contributed by atoms with van der Waals surface area (Å²) in [5.41, 5.74) is 7.17. The predicted molar refractivity (Wildman–Crippen MR) is 89.2 cm³/mol. The van der Waals surface area contributed by atoms with Gasteiger partial charge in [-0.1, -0.05) is 36.4 Å². The Labute approximate surface area is 128 Å². The van der Waals surface area contributed by atoms with E-state index in [1.54, 1.807) is 12.1 Å². The maximum absolute atomic E-state index is 13.9. The Morgan fingerprint density at radius 1 is 1.14 bits per heavy atom. The summed E-state index contributed by atoms with van der Waals surface area (Å²) in [6.45, 7) is 6.92. The highest BCUT2D eigenvalue weighted by Gasteiger charge is 2.20. The minimum atomic E-state index is -0.240. The Hall–Kier alpha value is -2.55. The van der Waals surface area contributed by atoms with Crippen LogP contribution in [-0.2, 0) is 6.42 Å². The van der Waals surface area contributed by atoms with Crippen LogP contribution in [0.2, 0.25) is 0 Å². The van der Waals surface area contributed by atoms with Crippen molar-refractivity contribution in [1.29, 1.82) is 0 Å². The zero-order chi connectivity index (χ0) is 15.3. The van der Waals surface area contributed by atoms with Gasteiger partial charge in [0.1, 0.15) is 5.82 Å². The maximum atomic E-state index is 13.9. The molecular formula is C19H17FN2. The first-order chi connectivity index (χ1) is 10.6. The van der Waals surface area contributed by atoms with E-state index in [9.17, 15) is 4.39 Å². The summed E-state index contributed by atoms with van der Waals surface area (Å²) in [5, 5.41) is 4.37. The first-order valence-electron chi connectivity index (χ1n) is 7.48. The van der Waals surface area contributed by atoms with Gasteiger partial charge in [-0.05, 0) is 36.6 Å². The summed E-state index contributed by atoms with van der Waals surface area (Å²) in [6.07, 6.45) is 0.890. The number of rotatable bonds is 1. The molecule has 0 radical (unpaired) electrons. The normalized spacial score (nSPS) is 14.0. The highest BCUT2D eigenvalue weighted by Crippen LogP contribution is 2.36. The van der Waals surface area contributed by atoms with Gasteiger partial charge in [0.15, 0.2) is 0 Å². The fourth-order valence-electron chi connectivity index (χ4n) is 3.25. The van der Waals surface area contributed by atoms with Crippen LogP contribution in [0, 0.1) is 12.7 Å². The van der Waals surface area contributed by atoms with Crippen molar-refractivity contribution in [3.8, 4) is 11.3 Å². The second kappa shape index (κ2) is 4.73. The van der Waals surface area contributed by atoms with Crippen molar-refractivity contribution in [2.75, 3.05) is 6.54 Å². The second-order valence-corrected chi connectivity index (χ2v) is 5.88. The van der Waals surface area contributed by atoms with Gasteiger partial charge in [0, 0.05) is 34.4 Å². The summed E-state index contributed by atoms with van der Waals surface area (Å²) in [5.74, 6) is -0.240. The molecule has 0 bridgehead atoms. The number of halogens is 1. The van der Waals surface area contributed by atoms with Gasteiger partial charge in [-0.25, -0.2) is 4.39 Å². The van der Waals surface area contributed by atoms with Gasteiger partial charge >= 0.3 is 0 Å². The Kier molecular flexibility index (Phi) is 2.83. The van der Waals surface area contributed by atoms with Crippen LogP contribution in [0.1, 0.15) is 16.7 Å². The van der Waals surface area contributed by atoms with E-state index in [4.69, 9.17) is 0 Å². The third kappa shape index (κ3) is 1.93. The number of benzene rings is 2. The molecule has 0 unspecified atom stereocenters. The maximum Gasteiger partial charge on any atom is 0.125 e. The molecule has 2 aromatic carbocycles. The number of aromatic nitrogens is 1. The molecule has 0 aliphatic carbocycles. The molecule has 3 aromatic rings. The van der Waals surface area contributed by atoms with Gasteiger partial charge in [0.2, 0.25) is 0 Å². The quantitative estimate of drug-likeness (QED) is 0.683. The van der Waals surface area contributed by atoms with Crippen LogP contribution in [0.3, 0.4) is 0 Å². The second-order valence-electron chi connectivity index (χ2n) is 5.88. The summed E-state index contributed by atoms with van der Waals surface area (Å²) >= 11 is 0. The lowest BCUT2D eigenvalue weighted by Gasteiger charge is -2.07. The van der Waals surface area contributed by atoms with Gasteiger partial charge in [0.25, 0.3) is 0 Å². The largest absolute Gasteiger partial charge is 0.385 e. The van der Waals surface area contributed by atoms with Crippen LogP contribution in [0.4, 0.5) is 4.39 Å². The average molecular weight is 292 g/mol. The van der Waals surface area contributed by atoms with Crippen LogP contribution in [-0.4, -0.2) is 11.5 Å². The van der Waals surface area contributed by atoms with Crippen LogP contribution in [0.25, 0.3) is 27.9 Å². The molecule has 0 spiro atoms. The molecule has 0 amide bonds.